The van der Waals surface area contributed by atoms with Crippen molar-refractivity contribution in [2.24, 2.45) is 0 Å². The molecule has 0 nitrogen and oxygen atoms in total. The van der Waals surface area contributed by atoms with Crippen LogP contribution in [0.1, 0.15) is 66.5 Å². The third-order valence-electron chi connectivity index (χ3n) is 9.17. The van der Waals surface area contributed by atoms with Crippen molar-refractivity contribution in [2.75, 3.05) is 5.90 Å². The Bertz CT molecular complexity index is 1760. The molecule has 0 radical (unpaired) electrons. The Balaban J connectivity index is 0.000000250. The molecule has 0 atom stereocenters. The van der Waals surface area contributed by atoms with Gasteiger partial charge < -0.3 is 12.8 Å². The van der Waals surface area contributed by atoms with Crippen molar-refractivity contribution in [3.63, 3.8) is 0 Å². The zero-order valence-corrected chi connectivity index (χ0v) is 36.3. The zero-order valence-electron chi connectivity index (χ0n) is 30.0. The molecule has 0 saturated heterocycles. The molecule has 6 aromatic rings. The monoisotopic (exact) mass is 1050 g/mol. The Hall–Kier alpha value is -2.18. The second-order valence-electron chi connectivity index (χ2n) is 13.6. The predicted octanol–water partition coefficient (Wildman–Crippen LogP) is 12.9. The summed E-state index contributed by atoms with van der Waals surface area (Å²) in [5.41, 5.74) is 5.57. The summed E-state index contributed by atoms with van der Waals surface area (Å²) in [4.78, 5) is 0. The first-order valence-electron chi connectivity index (χ1n) is 16.9. The zero-order chi connectivity index (χ0) is 34.1. The summed E-state index contributed by atoms with van der Waals surface area (Å²) in [7, 11) is -0.243. The molecule has 0 spiro atoms. The molecule has 0 heterocycles. The standard InChI is InChI=1S/2C16H9.C13H30P2.2Au/c2*1-2-14-15-9-5-3-7-12(15)11-13-8-4-6-10-16(13)14;1-10(2)14(11(3)4)9-15(12(5)6)13(7)8;;/h2*3-11H;10-13H,9H2,1-8H3;;/q2*-1;;2*+1/p+2. The largest absolute Gasteiger partial charge is 1.00 e. The summed E-state index contributed by atoms with van der Waals surface area (Å²) < 4.78 is 0. The number of hydrogen-bond donors (Lipinski definition) is 0. The van der Waals surface area contributed by atoms with Crippen LogP contribution >= 0.6 is 15.8 Å². The summed E-state index contributed by atoms with van der Waals surface area (Å²) in [5, 5.41) is 9.03. The molecule has 0 N–H and O–H groups in total. The Kier molecular flexibility index (Phi) is 18.1. The molecule has 0 saturated carbocycles. The van der Waals surface area contributed by atoms with Crippen LogP contribution in [0.25, 0.3) is 43.1 Å². The fraction of sp³-hybridized carbons (Fsp3) is 0.289. The minimum Gasteiger partial charge on any atom is -0.366 e. The molecule has 0 aliphatic heterocycles. The fourth-order valence-corrected chi connectivity index (χ4v) is 17.8. The Morgan fingerprint density at radius 1 is 0.429 bits per heavy atom. The van der Waals surface area contributed by atoms with Gasteiger partial charge in [-0.2, -0.15) is 0 Å². The van der Waals surface area contributed by atoms with Crippen LogP contribution in [0, 0.1) is 24.7 Å². The van der Waals surface area contributed by atoms with Gasteiger partial charge in [-0.25, -0.2) is 0 Å². The third kappa shape index (κ3) is 10.9. The summed E-state index contributed by atoms with van der Waals surface area (Å²) in [6.45, 7) is 19.5. The minimum atomic E-state index is -0.121. The van der Waals surface area contributed by atoms with E-state index in [4.69, 9.17) is 12.8 Å². The van der Waals surface area contributed by atoms with Crippen molar-refractivity contribution in [3.05, 3.63) is 133 Å². The van der Waals surface area contributed by atoms with Crippen molar-refractivity contribution in [1.29, 1.82) is 0 Å². The van der Waals surface area contributed by atoms with E-state index in [1.54, 1.807) is 5.90 Å². The summed E-state index contributed by atoms with van der Waals surface area (Å²) in [6.07, 6.45) is 14.9. The van der Waals surface area contributed by atoms with E-state index in [1.807, 2.05) is 72.8 Å². The van der Waals surface area contributed by atoms with Gasteiger partial charge in [0.25, 0.3) is 0 Å². The third-order valence-corrected chi connectivity index (χ3v) is 18.4. The predicted molar refractivity (Wildman–Crippen MR) is 217 cm³/mol. The summed E-state index contributed by atoms with van der Waals surface area (Å²) in [5.74, 6) is 6.74. The van der Waals surface area contributed by atoms with Crippen LogP contribution in [-0.4, -0.2) is 28.5 Å². The molecular formula is C45H50Au2P2+2. The van der Waals surface area contributed by atoms with Gasteiger partial charge in [-0.1, -0.05) is 119 Å². The molecule has 0 fully saturated rings. The van der Waals surface area contributed by atoms with Gasteiger partial charge in [0, 0.05) is 15.8 Å². The topological polar surface area (TPSA) is 0 Å². The maximum Gasteiger partial charge on any atom is 1.00 e. The summed E-state index contributed by atoms with van der Waals surface area (Å²) in [6, 6.07) is 36.8. The van der Waals surface area contributed by atoms with E-state index < -0.39 is 0 Å². The Labute approximate surface area is 330 Å². The molecule has 6 rings (SSSR count). The van der Waals surface area contributed by atoms with Crippen molar-refractivity contribution in [1.82, 2.24) is 0 Å². The van der Waals surface area contributed by atoms with Gasteiger partial charge in [-0.15, -0.1) is 11.1 Å². The molecular weight excluding hydrogens is 996 g/mol. The van der Waals surface area contributed by atoms with Crippen molar-refractivity contribution in [2.45, 2.75) is 78.0 Å². The van der Waals surface area contributed by atoms with E-state index in [-0.39, 0.29) is 60.6 Å². The Morgan fingerprint density at radius 3 is 0.857 bits per heavy atom. The molecule has 260 valence electrons. The number of hydrogen-bond acceptors (Lipinski definition) is 0. The SMILES string of the molecule is CC(C)[PH+](C[PH+](C(C)C)C(C)C)C(C)C.[Au+].[Au+].[C-]#Cc1c2ccccc2cc2ccccc12.[C-]#Cc1c2ccccc2cc2ccccc12. The van der Waals surface area contributed by atoms with Crippen molar-refractivity contribution in [3.8, 4) is 11.8 Å². The Morgan fingerprint density at radius 2 is 0.653 bits per heavy atom. The van der Waals surface area contributed by atoms with E-state index in [0.29, 0.717) is 0 Å². The van der Waals surface area contributed by atoms with Crippen LogP contribution in [0.15, 0.2) is 109 Å². The van der Waals surface area contributed by atoms with Crippen molar-refractivity contribution < 1.29 is 44.8 Å². The van der Waals surface area contributed by atoms with Gasteiger partial charge >= 0.3 is 44.8 Å². The maximum atomic E-state index is 7.46. The van der Waals surface area contributed by atoms with Gasteiger partial charge in [-0.3, -0.25) is 11.8 Å². The van der Waals surface area contributed by atoms with Crippen molar-refractivity contribution >= 4 is 58.9 Å². The van der Waals surface area contributed by atoms with Crippen LogP contribution in [-0.2, 0) is 44.8 Å². The van der Waals surface area contributed by atoms with E-state index in [0.717, 1.165) is 76.9 Å². The normalized spacial score (nSPS) is 10.9. The van der Waals surface area contributed by atoms with Crippen LogP contribution < -0.4 is 0 Å². The fourth-order valence-electron chi connectivity index (χ4n) is 6.68. The van der Waals surface area contributed by atoms with Crippen LogP contribution in [0.3, 0.4) is 0 Å². The van der Waals surface area contributed by atoms with Crippen LogP contribution in [0.5, 0.6) is 0 Å². The van der Waals surface area contributed by atoms with Gasteiger partial charge in [0.15, 0.2) is 5.90 Å². The van der Waals surface area contributed by atoms with E-state index in [9.17, 15) is 0 Å². The number of rotatable bonds is 6. The van der Waals surface area contributed by atoms with E-state index in [1.165, 1.54) is 0 Å². The smallest absolute Gasteiger partial charge is 0.366 e. The van der Waals surface area contributed by atoms with E-state index in [2.05, 4.69) is 104 Å². The molecule has 0 aliphatic rings. The molecule has 0 aliphatic carbocycles. The first kappa shape index (κ1) is 43.0. The van der Waals surface area contributed by atoms with Crippen LogP contribution in [0.4, 0.5) is 0 Å². The van der Waals surface area contributed by atoms with Gasteiger partial charge in [0.2, 0.25) is 0 Å². The van der Waals surface area contributed by atoms with Gasteiger partial charge in [-0.05, 0) is 89.1 Å². The molecule has 0 amide bonds. The molecule has 49 heavy (non-hydrogen) atoms. The number of benzene rings is 6. The van der Waals surface area contributed by atoms with Gasteiger partial charge in [0.1, 0.15) is 0 Å². The average Bonchev–Trinajstić information content (AvgIpc) is 3.06. The van der Waals surface area contributed by atoms with Crippen LogP contribution in [0.2, 0.25) is 0 Å². The average molecular weight is 1050 g/mol. The molecule has 0 aromatic heterocycles. The quantitative estimate of drug-likeness (QED) is 0.0513. The maximum absolute atomic E-state index is 7.46. The molecule has 0 bridgehead atoms. The minimum absolute atomic E-state index is 0. The molecule has 4 heteroatoms. The second kappa shape index (κ2) is 20.6. The van der Waals surface area contributed by atoms with E-state index >= 15 is 0 Å². The van der Waals surface area contributed by atoms with Gasteiger partial charge in [0.05, 0.1) is 22.6 Å². The first-order chi connectivity index (χ1) is 22.6. The first-order valence-corrected chi connectivity index (χ1v) is 20.7. The summed E-state index contributed by atoms with van der Waals surface area (Å²) >= 11 is 0. The number of fused-ring (bicyclic) bond motifs is 4. The molecule has 0 unspecified atom stereocenters. The second-order valence-corrected chi connectivity index (χ2v) is 21.9. The molecule has 6 aromatic carbocycles.